The van der Waals surface area contributed by atoms with E-state index in [4.69, 9.17) is 4.74 Å². The maximum Gasteiger partial charge on any atom is 0.315 e. The van der Waals surface area contributed by atoms with Gasteiger partial charge in [-0.2, -0.15) is 0 Å². The first kappa shape index (κ1) is 17.6. The SMILES string of the molecule is C=C(CN1CCc2c([nH]c3ccccc23)C(C(=O)OC)C1)c1ccccc1. The first-order chi connectivity index (χ1) is 13.2. The number of rotatable bonds is 4. The zero-order valence-corrected chi connectivity index (χ0v) is 15.6. The van der Waals surface area contributed by atoms with E-state index in [-0.39, 0.29) is 11.9 Å². The molecule has 1 unspecified atom stereocenters. The molecule has 1 aromatic heterocycles. The van der Waals surface area contributed by atoms with Crippen LogP contribution in [0.25, 0.3) is 16.5 Å². The number of H-pyrrole nitrogens is 1. The van der Waals surface area contributed by atoms with E-state index < -0.39 is 0 Å². The van der Waals surface area contributed by atoms with Gasteiger partial charge in [-0.1, -0.05) is 55.1 Å². The highest BCUT2D eigenvalue weighted by Gasteiger charge is 2.32. The molecule has 4 nitrogen and oxygen atoms in total. The number of hydrogen-bond acceptors (Lipinski definition) is 3. The van der Waals surface area contributed by atoms with E-state index in [1.165, 1.54) is 18.1 Å². The maximum absolute atomic E-state index is 12.6. The van der Waals surface area contributed by atoms with E-state index in [1.807, 2.05) is 30.3 Å². The zero-order chi connectivity index (χ0) is 18.8. The molecule has 0 amide bonds. The van der Waals surface area contributed by atoms with Gasteiger partial charge < -0.3 is 9.72 Å². The Morgan fingerprint density at radius 2 is 1.93 bits per heavy atom. The third-order valence-corrected chi connectivity index (χ3v) is 5.40. The average Bonchev–Trinajstić information content (AvgIpc) is 2.98. The van der Waals surface area contributed by atoms with Gasteiger partial charge in [0.2, 0.25) is 0 Å². The van der Waals surface area contributed by atoms with E-state index in [9.17, 15) is 4.79 Å². The van der Waals surface area contributed by atoms with Crippen molar-refractivity contribution in [1.82, 2.24) is 9.88 Å². The van der Waals surface area contributed by atoms with Crippen LogP contribution in [-0.2, 0) is 16.0 Å². The molecule has 1 aliphatic rings. The van der Waals surface area contributed by atoms with Crippen molar-refractivity contribution in [3.63, 3.8) is 0 Å². The summed E-state index contributed by atoms with van der Waals surface area (Å²) in [6, 6.07) is 18.5. The fourth-order valence-electron chi connectivity index (χ4n) is 4.01. The van der Waals surface area contributed by atoms with Gasteiger partial charge in [0.05, 0.1) is 7.11 Å². The molecule has 1 aliphatic heterocycles. The Morgan fingerprint density at radius 3 is 2.70 bits per heavy atom. The van der Waals surface area contributed by atoms with Gasteiger partial charge in [-0.3, -0.25) is 9.69 Å². The van der Waals surface area contributed by atoms with Crippen LogP contribution in [0.5, 0.6) is 0 Å². The fraction of sp³-hybridized carbons (Fsp3) is 0.261. The predicted molar refractivity (Wildman–Crippen MR) is 109 cm³/mol. The number of carbonyl (C=O) groups is 1. The number of methoxy groups -OCH3 is 1. The van der Waals surface area contributed by atoms with Crippen molar-refractivity contribution in [2.75, 3.05) is 26.7 Å². The number of para-hydroxylation sites is 1. The van der Waals surface area contributed by atoms with Gasteiger partial charge in [-0.15, -0.1) is 0 Å². The summed E-state index contributed by atoms with van der Waals surface area (Å²) >= 11 is 0. The molecule has 4 heteroatoms. The lowest BCUT2D eigenvalue weighted by Crippen LogP contribution is -2.33. The van der Waals surface area contributed by atoms with Gasteiger partial charge in [0.1, 0.15) is 5.92 Å². The highest BCUT2D eigenvalue weighted by atomic mass is 16.5. The molecule has 0 saturated carbocycles. The number of fused-ring (bicyclic) bond motifs is 3. The monoisotopic (exact) mass is 360 g/mol. The topological polar surface area (TPSA) is 45.3 Å². The van der Waals surface area contributed by atoms with Gasteiger partial charge in [0.25, 0.3) is 0 Å². The smallest absolute Gasteiger partial charge is 0.315 e. The molecule has 1 N–H and O–H groups in total. The van der Waals surface area contributed by atoms with Gasteiger partial charge in [0.15, 0.2) is 0 Å². The quantitative estimate of drug-likeness (QED) is 0.716. The molecule has 2 heterocycles. The van der Waals surface area contributed by atoms with Crippen LogP contribution in [0.1, 0.15) is 22.7 Å². The van der Waals surface area contributed by atoms with Crippen molar-refractivity contribution in [2.24, 2.45) is 0 Å². The molecule has 0 radical (unpaired) electrons. The molecule has 0 spiro atoms. The lowest BCUT2D eigenvalue weighted by Gasteiger charge is -2.24. The average molecular weight is 360 g/mol. The molecular formula is C23H24N2O2. The van der Waals surface area contributed by atoms with E-state index >= 15 is 0 Å². The minimum Gasteiger partial charge on any atom is -0.468 e. The minimum absolute atomic E-state index is 0.194. The van der Waals surface area contributed by atoms with Crippen LogP contribution in [0.15, 0.2) is 61.2 Å². The number of nitrogens with one attached hydrogen (secondary N) is 1. The summed E-state index contributed by atoms with van der Waals surface area (Å²) in [5.74, 6) is -0.511. The first-order valence-electron chi connectivity index (χ1n) is 9.30. The predicted octanol–water partition coefficient (Wildman–Crippen LogP) is 4.00. The lowest BCUT2D eigenvalue weighted by atomic mass is 10.00. The van der Waals surface area contributed by atoms with E-state index in [0.717, 1.165) is 41.9 Å². The summed E-state index contributed by atoms with van der Waals surface area (Å²) in [7, 11) is 1.46. The number of carbonyl (C=O) groups excluding carboxylic acids is 1. The molecule has 2 aromatic carbocycles. The summed E-state index contributed by atoms with van der Waals surface area (Å²) in [5, 5.41) is 1.20. The van der Waals surface area contributed by atoms with Crippen LogP contribution in [-0.4, -0.2) is 42.6 Å². The van der Waals surface area contributed by atoms with Crippen molar-refractivity contribution in [3.05, 3.63) is 78.0 Å². The lowest BCUT2D eigenvalue weighted by molar-refractivity contribution is -0.142. The van der Waals surface area contributed by atoms with Gasteiger partial charge >= 0.3 is 5.97 Å². The molecule has 4 rings (SSSR count). The normalized spacial score (nSPS) is 17.3. The second-order valence-corrected chi connectivity index (χ2v) is 7.09. The Morgan fingerprint density at radius 1 is 1.19 bits per heavy atom. The number of esters is 1. The van der Waals surface area contributed by atoms with Crippen LogP contribution in [0.4, 0.5) is 0 Å². The van der Waals surface area contributed by atoms with Gasteiger partial charge in [-0.25, -0.2) is 0 Å². The Kier molecular flexibility index (Phi) is 4.82. The second-order valence-electron chi connectivity index (χ2n) is 7.09. The van der Waals surface area contributed by atoms with E-state index in [0.29, 0.717) is 6.54 Å². The van der Waals surface area contributed by atoms with Crippen LogP contribution < -0.4 is 0 Å². The van der Waals surface area contributed by atoms with Crippen LogP contribution in [0.2, 0.25) is 0 Å². The zero-order valence-electron chi connectivity index (χ0n) is 15.6. The number of hydrogen-bond donors (Lipinski definition) is 1. The Hall–Kier alpha value is -2.85. The molecular weight excluding hydrogens is 336 g/mol. The summed E-state index contributed by atoms with van der Waals surface area (Å²) < 4.78 is 5.13. The summed E-state index contributed by atoms with van der Waals surface area (Å²) in [6.07, 6.45) is 0.898. The van der Waals surface area contributed by atoms with E-state index in [2.05, 4.69) is 40.7 Å². The second kappa shape index (κ2) is 7.41. The van der Waals surface area contributed by atoms with Crippen molar-refractivity contribution in [3.8, 4) is 0 Å². The highest BCUT2D eigenvalue weighted by Crippen LogP contribution is 2.32. The largest absolute Gasteiger partial charge is 0.468 e. The summed E-state index contributed by atoms with van der Waals surface area (Å²) in [5.41, 5.74) is 5.51. The van der Waals surface area contributed by atoms with Crippen molar-refractivity contribution < 1.29 is 9.53 Å². The Labute approximate surface area is 159 Å². The maximum atomic E-state index is 12.6. The van der Waals surface area contributed by atoms with Crippen LogP contribution in [0.3, 0.4) is 0 Å². The van der Waals surface area contributed by atoms with Gasteiger partial charge in [-0.05, 0) is 29.2 Å². The molecule has 1 atom stereocenters. The number of ether oxygens (including phenoxy) is 1. The standard InChI is InChI=1S/C23H24N2O2/c1-16(17-8-4-3-5-9-17)14-25-13-12-19-18-10-6-7-11-21(18)24-22(19)20(15-25)23(26)27-2/h3-11,20,24H,1,12-15H2,2H3. The van der Waals surface area contributed by atoms with Crippen molar-refractivity contribution in [1.29, 1.82) is 0 Å². The third kappa shape index (κ3) is 3.40. The number of benzene rings is 2. The summed E-state index contributed by atoms with van der Waals surface area (Å²) in [4.78, 5) is 18.4. The third-order valence-electron chi connectivity index (χ3n) is 5.40. The summed E-state index contributed by atoms with van der Waals surface area (Å²) in [6.45, 7) is 6.50. The van der Waals surface area contributed by atoms with Crippen molar-refractivity contribution in [2.45, 2.75) is 12.3 Å². The molecule has 138 valence electrons. The van der Waals surface area contributed by atoms with Crippen molar-refractivity contribution >= 4 is 22.4 Å². The number of aromatic amines is 1. The molecule has 3 aromatic rings. The first-order valence-corrected chi connectivity index (χ1v) is 9.30. The molecule has 27 heavy (non-hydrogen) atoms. The molecule has 0 bridgehead atoms. The fourth-order valence-corrected chi connectivity index (χ4v) is 4.01. The molecule has 0 saturated heterocycles. The van der Waals surface area contributed by atoms with Gasteiger partial charge in [0, 0.05) is 36.2 Å². The van der Waals surface area contributed by atoms with Crippen LogP contribution >= 0.6 is 0 Å². The molecule has 0 aliphatic carbocycles. The highest BCUT2D eigenvalue weighted by molar-refractivity contribution is 5.88. The minimum atomic E-state index is -0.316. The molecule has 0 fully saturated rings. The Balaban J connectivity index is 1.63. The number of aromatic nitrogens is 1. The number of nitrogens with zero attached hydrogens (tertiary/aromatic N) is 1. The Bertz CT molecular complexity index is 974. The van der Waals surface area contributed by atoms with E-state index in [1.54, 1.807) is 0 Å². The van der Waals surface area contributed by atoms with Crippen LogP contribution in [0, 0.1) is 0 Å².